The summed E-state index contributed by atoms with van der Waals surface area (Å²) in [4.78, 5) is 62.8. The van der Waals surface area contributed by atoms with Crippen LogP contribution >= 0.6 is 0 Å². The van der Waals surface area contributed by atoms with Gasteiger partial charge in [-0.05, 0) is 45.7 Å². The van der Waals surface area contributed by atoms with E-state index in [9.17, 15) is 19.2 Å². The highest BCUT2D eigenvalue weighted by Crippen LogP contribution is 2.29. The van der Waals surface area contributed by atoms with Gasteiger partial charge in [0.05, 0.1) is 49.2 Å². The van der Waals surface area contributed by atoms with Crippen LogP contribution in [0.25, 0.3) is 0 Å². The van der Waals surface area contributed by atoms with Crippen LogP contribution < -0.4 is 10.6 Å². The maximum absolute atomic E-state index is 13.9. The first-order chi connectivity index (χ1) is 22.2. The lowest BCUT2D eigenvalue weighted by atomic mass is 9.90. The van der Waals surface area contributed by atoms with Crippen molar-refractivity contribution < 1.29 is 28.7 Å². The summed E-state index contributed by atoms with van der Waals surface area (Å²) in [5, 5.41) is 12.6. The van der Waals surface area contributed by atoms with Crippen molar-refractivity contribution in [2.45, 2.75) is 110 Å². The fourth-order valence-corrected chi connectivity index (χ4v) is 6.88. The van der Waals surface area contributed by atoms with E-state index in [1.165, 1.54) is 6.33 Å². The summed E-state index contributed by atoms with van der Waals surface area (Å²) in [7, 11) is 8.52. The molecule has 3 N–H and O–H groups in total. The molecule has 2 rings (SSSR count). The number of methoxy groups -OCH3 is 2. The van der Waals surface area contributed by atoms with Crippen LogP contribution in [0, 0.1) is 17.8 Å². The van der Waals surface area contributed by atoms with Crippen LogP contribution in [0.15, 0.2) is 6.33 Å². The number of carbonyl (C=O) groups is 4. The van der Waals surface area contributed by atoms with E-state index in [0.717, 1.165) is 12.8 Å². The second kappa shape index (κ2) is 19.0. The van der Waals surface area contributed by atoms with E-state index in [1.807, 2.05) is 65.4 Å². The summed E-state index contributed by atoms with van der Waals surface area (Å²) in [6.45, 7) is 12.1. The van der Waals surface area contributed by atoms with E-state index in [4.69, 9.17) is 9.47 Å². The van der Waals surface area contributed by atoms with Crippen molar-refractivity contribution in [1.29, 1.82) is 0 Å². The molecule has 1 aromatic heterocycles. The average Bonchev–Trinajstić information content (AvgIpc) is 3.71. The number of H-pyrrole nitrogens is 1. The van der Waals surface area contributed by atoms with Gasteiger partial charge in [0.1, 0.15) is 6.33 Å². The summed E-state index contributed by atoms with van der Waals surface area (Å²) in [6.07, 6.45) is 3.24. The second-order valence-corrected chi connectivity index (χ2v) is 13.5. The van der Waals surface area contributed by atoms with Gasteiger partial charge in [-0.15, -0.1) is 0 Å². The van der Waals surface area contributed by atoms with Gasteiger partial charge in [0, 0.05) is 40.3 Å². The van der Waals surface area contributed by atoms with Gasteiger partial charge in [-0.2, -0.15) is 5.10 Å². The van der Waals surface area contributed by atoms with Crippen LogP contribution in [0.2, 0.25) is 0 Å². The number of amides is 4. The minimum atomic E-state index is -0.577. The Bertz CT molecular complexity index is 1120. The van der Waals surface area contributed by atoms with Crippen LogP contribution in [-0.4, -0.2) is 138 Å². The number of carbonyl (C=O) groups excluding carboxylic acids is 4. The van der Waals surface area contributed by atoms with Gasteiger partial charge < -0.3 is 29.9 Å². The summed E-state index contributed by atoms with van der Waals surface area (Å²) in [5.74, 6) is -0.533. The minimum absolute atomic E-state index is 0.0195. The first-order valence-corrected chi connectivity index (χ1v) is 16.9. The van der Waals surface area contributed by atoms with Crippen molar-refractivity contribution in [3.8, 4) is 0 Å². The Morgan fingerprint density at radius 3 is 2.28 bits per heavy atom. The molecule has 47 heavy (non-hydrogen) atoms. The van der Waals surface area contributed by atoms with E-state index in [0.29, 0.717) is 25.2 Å². The van der Waals surface area contributed by atoms with Gasteiger partial charge >= 0.3 is 0 Å². The van der Waals surface area contributed by atoms with Crippen LogP contribution in [-0.2, 0) is 35.1 Å². The minimum Gasteiger partial charge on any atom is -0.379 e. The second-order valence-electron chi connectivity index (χ2n) is 13.5. The molecule has 14 heteroatoms. The van der Waals surface area contributed by atoms with Crippen LogP contribution in [0.5, 0.6) is 0 Å². The van der Waals surface area contributed by atoms with Gasteiger partial charge in [0.15, 0.2) is 5.82 Å². The summed E-state index contributed by atoms with van der Waals surface area (Å²) < 4.78 is 11.8. The standard InChI is InChI=1S/C33H60N8O6/c1-12-21(4)30(40(9)28(43)18-34-33(45)29(20(2)3)39(7)8)25(46-10)17-27(42)41-15-13-14-24(41)31(47-11)23(6)32(44)37-22(5)16-26-35-19-36-38-26/h19-25,29-31H,12-18H2,1-11H3,(H,34,45)(H,37,44)(H,35,36,38). The van der Waals surface area contributed by atoms with Crippen LogP contribution in [0.4, 0.5) is 0 Å². The number of nitrogens with zero attached hydrogens (tertiary/aromatic N) is 5. The molecule has 0 radical (unpaired) electrons. The van der Waals surface area contributed by atoms with Gasteiger partial charge in [0.2, 0.25) is 23.6 Å². The summed E-state index contributed by atoms with van der Waals surface area (Å²) in [6, 6.07) is -1.22. The number of likely N-dealkylation sites (N-methyl/N-ethyl adjacent to an activating group) is 2. The van der Waals surface area contributed by atoms with E-state index in [1.54, 1.807) is 26.2 Å². The molecule has 8 unspecified atom stereocenters. The molecule has 14 nitrogen and oxygen atoms in total. The maximum Gasteiger partial charge on any atom is 0.242 e. The molecule has 2 heterocycles. The zero-order valence-corrected chi connectivity index (χ0v) is 30.4. The molecule has 0 saturated carbocycles. The van der Waals surface area contributed by atoms with Crippen molar-refractivity contribution in [3.05, 3.63) is 12.2 Å². The maximum atomic E-state index is 13.9. The Balaban J connectivity index is 2.13. The third kappa shape index (κ3) is 11.0. The third-order valence-electron chi connectivity index (χ3n) is 9.52. The number of hydrogen-bond donors (Lipinski definition) is 3. The molecule has 1 aliphatic rings. The highest BCUT2D eigenvalue weighted by Gasteiger charge is 2.42. The molecule has 0 bridgehead atoms. The zero-order chi connectivity index (χ0) is 35.4. The lowest BCUT2D eigenvalue weighted by Gasteiger charge is -2.39. The molecular formula is C33H60N8O6. The Kier molecular flexibility index (Phi) is 16.2. The Hall–Kier alpha value is -3.10. The molecule has 0 aliphatic carbocycles. The summed E-state index contributed by atoms with van der Waals surface area (Å²) >= 11 is 0. The normalized spacial score (nSPS) is 19.5. The van der Waals surface area contributed by atoms with Crippen molar-refractivity contribution in [2.24, 2.45) is 17.8 Å². The molecule has 268 valence electrons. The number of likely N-dealkylation sites (tertiary alicyclic amines) is 1. The quantitative estimate of drug-likeness (QED) is 0.199. The van der Waals surface area contributed by atoms with Crippen LogP contribution in [0.1, 0.15) is 73.1 Å². The SMILES string of the molecule is CCC(C)C(C(CC(=O)N1CCCC1C(OC)C(C)C(=O)NC(C)Cc1nc[nH]n1)OC)N(C)C(=O)CNC(=O)C(C(C)C)N(C)C. The van der Waals surface area contributed by atoms with Crippen molar-refractivity contribution in [2.75, 3.05) is 48.5 Å². The van der Waals surface area contributed by atoms with Gasteiger partial charge in [-0.25, -0.2) is 4.98 Å². The molecule has 1 saturated heterocycles. The molecule has 8 atom stereocenters. The number of hydrogen-bond acceptors (Lipinski definition) is 9. The smallest absolute Gasteiger partial charge is 0.242 e. The molecule has 0 spiro atoms. The monoisotopic (exact) mass is 664 g/mol. The van der Waals surface area contributed by atoms with Gasteiger partial charge in [-0.1, -0.05) is 41.0 Å². The molecule has 1 fully saturated rings. The fraction of sp³-hybridized carbons (Fsp3) is 0.818. The van der Waals surface area contributed by atoms with E-state index in [-0.39, 0.29) is 66.6 Å². The molecule has 1 aliphatic heterocycles. The van der Waals surface area contributed by atoms with Crippen molar-refractivity contribution in [3.63, 3.8) is 0 Å². The van der Waals surface area contributed by atoms with Crippen molar-refractivity contribution >= 4 is 23.6 Å². The Labute approximate surface area is 281 Å². The first kappa shape index (κ1) is 40.1. The zero-order valence-electron chi connectivity index (χ0n) is 30.4. The van der Waals surface area contributed by atoms with Gasteiger partial charge in [0.25, 0.3) is 0 Å². The highest BCUT2D eigenvalue weighted by atomic mass is 16.5. The Morgan fingerprint density at radius 2 is 1.74 bits per heavy atom. The predicted molar refractivity (Wildman–Crippen MR) is 179 cm³/mol. The van der Waals surface area contributed by atoms with E-state index >= 15 is 0 Å². The average molecular weight is 665 g/mol. The predicted octanol–water partition coefficient (Wildman–Crippen LogP) is 1.47. The van der Waals surface area contributed by atoms with Crippen molar-refractivity contribution in [1.82, 2.24) is 40.5 Å². The Morgan fingerprint density at radius 1 is 1.06 bits per heavy atom. The first-order valence-electron chi connectivity index (χ1n) is 16.9. The lowest BCUT2D eigenvalue weighted by molar-refractivity contribution is -0.146. The molecule has 0 aromatic carbocycles. The number of aromatic amines is 1. The highest BCUT2D eigenvalue weighted by molar-refractivity contribution is 5.87. The number of ether oxygens (including phenoxy) is 2. The molecule has 1 aromatic rings. The fourth-order valence-electron chi connectivity index (χ4n) is 6.88. The number of rotatable bonds is 19. The number of nitrogens with one attached hydrogen (secondary N) is 3. The van der Waals surface area contributed by atoms with Crippen LogP contribution in [0.3, 0.4) is 0 Å². The topological polar surface area (TPSA) is 162 Å². The molecule has 4 amide bonds. The largest absolute Gasteiger partial charge is 0.379 e. The van der Waals surface area contributed by atoms with Gasteiger partial charge in [-0.3, -0.25) is 29.2 Å². The van der Waals surface area contributed by atoms with E-state index < -0.39 is 24.2 Å². The third-order valence-corrected chi connectivity index (χ3v) is 9.52. The lowest BCUT2D eigenvalue weighted by Crippen LogP contribution is -2.55. The number of aromatic nitrogens is 3. The molecular weight excluding hydrogens is 604 g/mol. The van der Waals surface area contributed by atoms with E-state index in [2.05, 4.69) is 25.8 Å². The summed E-state index contributed by atoms with van der Waals surface area (Å²) in [5.41, 5.74) is 0.